The Morgan fingerprint density at radius 3 is 2.31 bits per heavy atom. The molecule has 5 atom stereocenters. The molecule has 0 N–H and O–H groups in total. The van der Waals surface area contributed by atoms with Gasteiger partial charge in [-0.1, -0.05) is 27.7 Å². The molecule has 3 rings (SSSR count). The highest BCUT2D eigenvalue weighted by molar-refractivity contribution is 6.21. The van der Waals surface area contributed by atoms with Crippen molar-refractivity contribution in [1.29, 1.82) is 0 Å². The Morgan fingerprint density at radius 1 is 0.938 bits per heavy atom. The summed E-state index contributed by atoms with van der Waals surface area (Å²) in [4.78, 5) is 0. The van der Waals surface area contributed by atoms with Crippen molar-refractivity contribution >= 4 is 11.6 Å². The Labute approximate surface area is 105 Å². The summed E-state index contributed by atoms with van der Waals surface area (Å²) in [6.45, 7) is 9.91. The molecule has 0 saturated heterocycles. The van der Waals surface area contributed by atoms with E-state index in [2.05, 4.69) is 27.7 Å². The topological polar surface area (TPSA) is 0 Å². The van der Waals surface area contributed by atoms with Crippen molar-refractivity contribution in [1.82, 2.24) is 0 Å². The number of rotatable bonds is 0. The van der Waals surface area contributed by atoms with Crippen LogP contribution in [-0.4, -0.2) is 5.38 Å². The van der Waals surface area contributed by atoms with Crippen LogP contribution >= 0.6 is 11.6 Å². The summed E-state index contributed by atoms with van der Waals surface area (Å²) < 4.78 is 0. The largest absolute Gasteiger partial charge is 0.123 e. The van der Waals surface area contributed by atoms with Gasteiger partial charge in [0.15, 0.2) is 0 Å². The molecule has 0 aromatic rings. The molecule has 3 saturated carbocycles. The van der Waals surface area contributed by atoms with E-state index in [4.69, 9.17) is 11.6 Å². The predicted octanol–water partition coefficient (Wildman–Crippen LogP) is 4.71. The molecular weight excluding hydrogens is 216 g/mol. The summed E-state index contributed by atoms with van der Waals surface area (Å²) >= 11 is 6.63. The van der Waals surface area contributed by atoms with Crippen molar-refractivity contribution in [3.05, 3.63) is 0 Å². The van der Waals surface area contributed by atoms with Gasteiger partial charge in [0, 0.05) is 5.38 Å². The SMILES string of the molecule is CC1(C)CCC2C(C3C(Cl)CCC31)C2(C)C. The van der Waals surface area contributed by atoms with Crippen LogP contribution in [0.25, 0.3) is 0 Å². The molecule has 3 fully saturated rings. The third kappa shape index (κ3) is 1.35. The highest BCUT2D eigenvalue weighted by Gasteiger charge is 2.66. The van der Waals surface area contributed by atoms with Crippen LogP contribution in [0.3, 0.4) is 0 Å². The average Bonchev–Trinajstić information content (AvgIpc) is 2.51. The van der Waals surface area contributed by atoms with E-state index in [-0.39, 0.29) is 0 Å². The second-order valence-electron chi connectivity index (χ2n) is 7.76. The van der Waals surface area contributed by atoms with E-state index in [1.54, 1.807) is 0 Å². The fraction of sp³-hybridized carbons (Fsp3) is 1.00. The Balaban J connectivity index is 1.94. The average molecular weight is 241 g/mol. The van der Waals surface area contributed by atoms with Crippen LogP contribution in [0.4, 0.5) is 0 Å². The van der Waals surface area contributed by atoms with E-state index >= 15 is 0 Å². The van der Waals surface area contributed by atoms with Gasteiger partial charge in [0.25, 0.3) is 0 Å². The molecule has 0 amide bonds. The summed E-state index contributed by atoms with van der Waals surface area (Å²) in [7, 11) is 0. The van der Waals surface area contributed by atoms with Gasteiger partial charge in [-0.3, -0.25) is 0 Å². The number of alkyl halides is 1. The summed E-state index contributed by atoms with van der Waals surface area (Å²) in [5.41, 5.74) is 1.13. The lowest BCUT2D eigenvalue weighted by Gasteiger charge is -2.36. The summed E-state index contributed by atoms with van der Waals surface area (Å²) in [5, 5.41) is 0.469. The van der Waals surface area contributed by atoms with Crippen LogP contribution in [-0.2, 0) is 0 Å². The third-order valence-corrected chi connectivity index (χ3v) is 6.80. The zero-order valence-corrected chi connectivity index (χ0v) is 11.8. The van der Waals surface area contributed by atoms with E-state index in [1.807, 2.05) is 0 Å². The zero-order chi connectivity index (χ0) is 11.7. The second kappa shape index (κ2) is 3.19. The van der Waals surface area contributed by atoms with Gasteiger partial charge in [0.1, 0.15) is 0 Å². The second-order valence-corrected chi connectivity index (χ2v) is 8.32. The summed E-state index contributed by atoms with van der Waals surface area (Å²) in [6, 6.07) is 0. The number of halogens is 1. The molecule has 0 aromatic heterocycles. The van der Waals surface area contributed by atoms with Crippen LogP contribution in [0, 0.1) is 34.5 Å². The van der Waals surface area contributed by atoms with Crippen molar-refractivity contribution < 1.29 is 0 Å². The molecule has 3 aliphatic carbocycles. The first kappa shape index (κ1) is 11.4. The van der Waals surface area contributed by atoms with Gasteiger partial charge in [-0.2, -0.15) is 0 Å². The van der Waals surface area contributed by atoms with Gasteiger partial charge in [0.05, 0.1) is 0 Å². The molecule has 0 bridgehead atoms. The molecule has 0 heterocycles. The highest BCUT2D eigenvalue weighted by Crippen LogP contribution is 2.71. The molecule has 5 unspecified atom stereocenters. The minimum Gasteiger partial charge on any atom is -0.123 e. The van der Waals surface area contributed by atoms with E-state index in [0.717, 1.165) is 23.7 Å². The van der Waals surface area contributed by atoms with Gasteiger partial charge in [-0.05, 0) is 60.2 Å². The van der Waals surface area contributed by atoms with Crippen molar-refractivity contribution in [2.24, 2.45) is 34.5 Å². The monoisotopic (exact) mass is 240 g/mol. The molecule has 0 nitrogen and oxygen atoms in total. The molecule has 0 radical (unpaired) electrons. The van der Waals surface area contributed by atoms with Crippen molar-refractivity contribution in [2.75, 3.05) is 0 Å². The standard InChI is InChI=1S/C15H25Cl/c1-14(2)8-7-10-13(15(10,3)4)12-9(14)5-6-11(12)16/h9-13H,5-8H2,1-4H3. The van der Waals surface area contributed by atoms with Crippen molar-refractivity contribution in [3.8, 4) is 0 Å². The van der Waals surface area contributed by atoms with Gasteiger partial charge < -0.3 is 0 Å². The third-order valence-electron chi connectivity index (χ3n) is 6.29. The first-order valence-corrected chi connectivity index (χ1v) is 7.43. The first-order valence-electron chi connectivity index (χ1n) is 7.00. The minimum atomic E-state index is 0.469. The Morgan fingerprint density at radius 2 is 1.62 bits per heavy atom. The summed E-state index contributed by atoms with van der Waals surface area (Å²) in [6.07, 6.45) is 5.51. The fourth-order valence-corrected chi connectivity index (χ4v) is 5.64. The molecule has 1 heteroatoms. The molecule has 0 spiro atoms. The molecule has 92 valence electrons. The minimum absolute atomic E-state index is 0.469. The lowest BCUT2D eigenvalue weighted by molar-refractivity contribution is 0.138. The van der Waals surface area contributed by atoms with Gasteiger partial charge in [-0.25, -0.2) is 0 Å². The number of hydrogen-bond donors (Lipinski definition) is 0. The molecule has 0 aromatic carbocycles. The Kier molecular flexibility index (Phi) is 2.27. The van der Waals surface area contributed by atoms with Crippen LogP contribution in [0.5, 0.6) is 0 Å². The number of fused-ring (bicyclic) bond motifs is 3. The van der Waals surface area contributed by atoms with E-state index in [1.165, 1.54) is 25.7 Å². The van der Waals surface area contributed by atoms with Crippen LogP contribution in [0.1, 0.15) is 53.4 Å². The number of hydrogen-bond acceptors (Lipinski definition) is 0. The molecule has 0 aliphatic heterocycles. The van der Waals surface area contributed by atoms with Gasteiger partial charge in [-0.15, -0.1) is 11.6 Å². The zero-order valence-electron chi connectivity index (χ0n) is 11.1. The van der Waals surface area contributed by atoms with Crippen LogP contribution < -0.4 is 0 Å². The fourth-order valence-electron chi connectivity index (χ4n) is 5.18. The maximum Gasteiger partial charge on any atom is 0.0370 e. The maximum absolute atomic E-state index is 6.63. The predicted molar refractivity (Wildman–Crippen MR) is 69.6 cm³/mol. The van der Waals surface area contributed by atoms with E-state index < -0.39 is 0 Å². The molecular formula is C15H25Cl. The highest BCUT2D eigenvalue weighted by atomic mass is 35.5. The Hall–Kier alpha value is 0.290. The quantitative estimate of drug-likeness (QED) is 0.538. The normalized spacial score (nSPS) is 52.7. The van der Waals surface area contributed by atoms with Gasteiger partial charge in [0.2, 0.25) is 0 Å². The maximum atomic E-state index is 6.63. The Bertz CT molecular complexity index is 305. The first-order chi connectivity index (χ1) is 7.36. The van der Waals surface area contributed by atoms with Crippen LogP contribution in [0.2, 0.25) is 0 Å². The van der Waals surface area contributed by atoms with Gasteiger partial charge >= 0.3 is 0 Å². The van der Waals surface area contributed by atoms with Crippen molar-refractivity contribution in [3.63, 3.8) is 0 Å². The van der Waals surface area contributed by atoms with Crippen LogP contribution in [0.15, 0.2) is 0 Å². The molecule has 3 aliphatic rings. The van der Waals surface area contributed by atoms with Crippen molar-refractivity contribution in [2.45, 2.75) is 58.8 Å². The smallest absolute Gasteiger partial charge is 0.0370 e. The summed E-state index contributed by atoms with van der Waals surface area (Å²) in [5.74, 6) is 3.62. The lowest BCUT2D eigenvalue weighted by Crippen LogP contribution is -2.30. The molecule has 16 heavy (non-hydrogen) atoms. The van der Waals surface area contributed by atoms with E-state index in [0.29, 0.717) is 16.2 Å². The van der Waals surface area contributed by atoms with E-state index in [9.17, 15) is 0 Å². The lowest BCUT2D eigenvalue weighted by atomic mass is 9.69.